The van der Waals surface area contributed by atoms with E-state index in [-0.39, 0.29) is 0 Å². The van der Waals surface area contributed by atoms with Crippen LogP contribution >= 0.6 is 24.4 Å². The molecule has 0 radical (unpaired) electrons. The molecular weight excluding hydrogens is 497 g/mol. The van der Waals surface area contributed by atoms with Crippen LogP contribution in [0.1, 0.15) is 0 Å². The van der Waals surface area contributed by atoms with E-state index in [2.05, 4.69) is 152 Å². The first-order valence-electron chi connectivity index (χ1n) is 12.7. The zero-order chi connectivity index (χ0) is 25.7. The molecule has 6 aromatic rings. The minimum atomic E-state index is 0.970. The smallest absolute Gasteiger partial charge is 0.0122 e. The Morgan fingerprint density at radius 1 is 0.342 bits per heavy atom. The van der Waals surface area contributed by atoms with E-state index in [0.717, 1.165) is 4.90 Å². The average Bonchev–Trinajstić information content (AvgIpc) is 2.99. The fourth-order valence-corrected chi connectivity index (χ4v) is 5.64. The van der Waals surface area contributed by atoms with Crippen molar-refractivity contribution >= 4 is 24.4 Å². The standard InChI is InChI=1S/C36H26S2/c37-32-18-11-28(12-19-32)31-17-24-35(29-9-5-2-6-10-29)36(25-31)30-15-22-34(23-16-30)38-33-20-13-27(14-21-33)26-7-3-1-4-8-26/h1-25,37H. The van der Waals surface area contributed by atoms with Gasteiger partial charge in [-0.2, -0.15) is 0 Å². The van der Waals surface area contributed by atoms with Crippen LogP contribution in [0, 0.1) is 0 Å². The highest BCUT2D eigenvalue weighted by Gasteiger charge is 2.11. The minimum absolute atomic E-state index is 0.970. The van der Waals surface area contributed by atoms with Crippen molar-refractivity contribution in [3.8, 4) is 44.5 Å². The van der Waals surface area contributed by atoms with Gasteiger partial charge in [-0.1, -0.05) is 121 Å². The van der Waals surface area contributed by atoms with Crippen LogP contribution in [0.3, 0.4) is 0 Å². The van der Waals surface area contributed by atoms with Gasteiger partial charge in [0.05, 0.1) is 0 Å². The highest BCUT2D eigenvalue weighted by molar-refractivity contribution is 7.99. The highest BCUT2D eigenvalue weighted by atomic mass is 32.2. The summed E-state index contributed by atoms with van der Waals surface area (Å²) < 4.78 is 0. The summed E-state index contributed by atoms with van der Waals surface area (Å²) in [6.45, 7) is 0. The summed E-state index contributed by atoms with van der Waals surface area (Å²) in [5, 5.41) is 0. The van der Waals surface area contributed by atoms with Crippen LogP contribution in [0.15, 0.2) is 166 Å². The molecule has 0 saturated carbocycles. The third kappa shape index (κ3) is 5.47. The van der Waals surface area contributed by atoms with E-state index >= 15 is 0 Å². The SMILES string of the molecule is Sc1ccc(-c2ccc(-c3ccccc3)c(-c3ccc(Sc4ccc(-c5ccccc5)cc4)cc3)c2)cc1. The van der Waals surface area contributed by atoms with Gasteiger partial charge in [0, 0.05) is 14.7 Å². The maximum atomic E-state index is 4.45. The lowest BCUT2D eigenvalue weighted by Crippen LogP contribution is -1.88. The summed E-state index contributed by atoms with van der Waals surface area (Å²) in [6, 6.07) is 54.0. The van der Waals surface area contributed by atoms with Crippen LogP contribution in [-0.4, -0.2) is 0 Å². The molecule has 0 saturated heterocycles. The molecule has 0 spiro atoms. The molecule has 38 heavy (non-hydrogen) atoms. The topological polar surface area (TPSA) is 0 Å². The van der Waals surface area contributed by atoms with Crippen LogP contribution in [0.5, 0.6) is 0 Å². The lowest BCUT2D eigenvalue weighted by Gasteiger charge is -2.14. The zero-order valence-electron chi connectivity index (χ0n) is 20.8. The Labute approximate surface area is 234 Å². The van der Waals surface area contributed by atoms with Gasteiger partial charge in [-0.05, 0) is 87.0 Å². The molecule has 0 fully saturated rings. The third-order valence-corrected chi connectivity index (χ3v) is 7.98. The van der Waals surface area contributed by atoms with Crippen molar-refractivity contribution in [3.05, 3.63) is 152 Å². The number of thiol groups is 1. The van der Waals surface area contributed by atoms with Gasteiger partial charge >= 0.3 is 0 Å². The molecule has 0 aromatic heterocycles. The summed E-state index contributed by atoms with van der Waals surface area (Å²) in [5.74, 6) is 0. The summed E-state index contributed by atoms with van der Waals surface area (Å²) in [6.07, 6.45) is 0. The van der Waals surface area contributed by atoms with Gasteiger partial charge in [0.2, 0.25) is 0 Å². The number of hydrogen-bond acceptors (Lipinski definition) is 2. The lowest BCUT2D eigenvalue weighted by atomic mass is 9.91. The van der Waals surface area contributed by atoms with E-state index in [9.17, 15) is 0 Å². The molecule has 0 aliphatic rings. The minimum Gasteiger partial charge on any atom is -0.143 e. The largest absolute Gasteiger partial charge is 0.143 e. The van der Waals surface area contributed by atoms with Gasteiger partial charge in [0.1, 0.15) is 0 Å². The van der Waals surface area contributed by atoms with E-state index in [1.165, 1.54) is 54.3 Å². The van der Waals surface area contributed by atoms with E-state index in [1.54, 1.807) is 11.8 Å². The molecule has 0 amide bonds. The number of hydrogen-bond donors (Lipinski definition) is 1. The molecule has 0 atom stereocenters. The first-order chi connectivity index (χ1) is 18.7. The molecule has 6 aromatic carbocycles. The monoisotopic (exact) mass is 522 g/mol. The van der Waals surface area contributed by atoms with Crippen molar-refractivity contribution in [1.29, 1.82) is 0 Å². The predicted molar refractivity (Wildman–Crippen MR) is 166 cm³/mol. The molecule has 182 valence electrons. The Kier molecular flexibility index (Phi) is 7.17. The van der Waals surface area contributed by atoms with E-state index in [0.29, 0.717) is 0 Å². The second-order valence-corrected chi connectivity index (χ2v) is 10.9. The third-order valence-electron chi connectivity index (χ3n) is 6.67. The van der Waals surface area contributed by atoms with Crippen molar-refractivity contribution in [3.63, 3.8) is 0 Å². The predicted octanol–water partition coefficient (Wildman–Crippen LogP) is 10.8. The van der Waals surface area contributed by atoms with E-state index in [4.69, 9.17) is 0 Å². The Bertz CT molecular complexity index is 1640. The van der Waals surface area contributed by atoms with Gasteiger partial charge in [-0.15, -0.1) is 12.6 Å². The van der Waals surface area contributed by atoms with Crippen molar-refractivity contribution in [1.82, 2.24) is 0 Å². The molecule has 6 rings (SSSR count). The molecule has 0 aliphatic carbocycles. The van der Waals surface area contributed by atoms with Crippen molar-refractivity contribution < 1.29 is 0 Å². The Morgan fingerprint density at radius 2 is 0.763 bits per heavy atom. The van der Waals surface area contributed by atoms with E-state index < -0.39 is 0 Å². The maximum Gasteiger partial charge on any atom is 0.0122 e. The first kappa shape index (κ1) is 24.4. The van der Waals surface area contributed by atoms with Crippen molar-refractivity contribution in [2.45, 2.75) is 14.7 Å². The molecule has 0 bridgehead atoms. The molecule has 0 aliphatic heterocycles. The quantitative estimate of drug-likeness (QED) is 0.212. The summed E-state index contributed by atoms with van der Waals surface area (Å²) in [5.41, 5.74) is 9.76. The van der Waals surface area contributed by atoms with Crippen LogP contribution < -0.4 is 0 Å². The van der Waals surface area contributed by atoms with Gasteiger partial charge in [-0.25, -0.2) is 0 Å². The molecular formula is C36H26S2. The van der Waals surface area contributed by atoms with Gasteiger partial charge in [-0.3, -0.25) is 0 Å². The molecule has 0 heterocycles. The molecule has 0 unspecified atom stereocenters. The molecule has 0 N–H and O–H groups in total. The van der Waals surface area contributed by atoms with Crippen LogP contribution in [-0.2, 0) is 0 Å². The van der Waals surface area contributed by atoms with Crippen LogP contribution in [0.4, 0.5) is 0 Å². The van der Waals surface area contributed by atoms with Gasteiger partial charge in [0.25, 0.3) is 0 Å². The fourth-order valence-electron chi connectivity index (χ4n) is 4.67. The first-order valence-corrected chi connectivity index (χ1v) is 13.9. The number of rotatable bonds is 6. The average molecular weight is 523 g/mol. The molecule has 2 heteroatoms. The van der Waals surface area contributed by atoms with Crippen molar-refractivity contribution in [2.75, 3.05) is 0 Å². The fraction of sp³-hybridized carbons (Fsp3) is 0. The zero-order valence-corrected chi connectivity index (χ0v) is 22.5. The van der Waals surface area contributed by atoms with Crippen LogP contribution in [0.2, 0.25) is 0 Å². The summed E-state index contributed by atoms with van der Waals surface area (Å²) >= 11 is 6.24. The highest BCUT2D eigenvalue weighted by Crippen LogP contribution is 2.37. The van der Waals surface area contributed by atoms with Gasteiger partial charge in [0.15, 0.2) is 0 Å². The lowest BCUT2D eigenvalue weighted by molar-refractivity contribution is 1.40. The van der Waals surface area contributed by atoms with E-state index in [1.807, 2.05) is 12.1 Å². The second kappa shape index (κ2) is 11.2. The van der Waals surface area contributed by atoms with Gasteiger partial charge < -0.3 is 0 Å². The van der Waals surface area contributed by atoms with Crippen molar-refractivity contribution in [2.24, 2.45) is 0 Å². The normalized spacial score (nSPS) is 10.9. The Hall–Kier alpha value is -3.98. The Morgan fingerprint density at radius 3 is 1.37 bits per heavy atom. The number of benzene rings is 6. The molecule has 0 nitrogen and oxygen atoms in total. The summed E-state index contributed by atoms with van der Waals surface area (Å²) in [7, 11) is 0. The summed E-state index contributed by atoms with van der Waals surface area (Å²) in [4.78, 5) is 3.43. The second-order valence-electron chi connectivity index (χ2n) is 9.19. The Balaban J connectivity index is 1.30. The maximum absolute atomic E-state index is 4.45. The van der Waals surface area contributed by atoms with Crippen LogP contribution in [0.25, 0.3) is 44.5 Å².